The van der Waals surface area contributed by atoms with Gasteiger partial charge in [-0.1, -0.05) is 0 Å². The van der Waals surface area contributed by atoms with E-state index in [1.807, 2.05) is 0 Å². The van der Waals surface area contributed by atoms with Crippen LogP contribution in [0.1, 0.15) is 55.2 Å². The first-order valence-electron chi connectivity index (χ1n) is 9.88. The Bertz CT molecular complexity index is 1110. The number of carbonyl (C=O) groups excluding carboxylic acids is 1. The van der Waals surface area contributed by atoms with Gasteiger partial charge in [0.25, 0.3) is 0 Å². The fourth-order valence-electron chi connectivity index (χ4n) is 4.66. The van der Waals surface area contributed by atoms with Crippen LogP contribution in [-0.4, -0.2) is 43.2 Å². The molecule has 0 aliphatic carbocycles. The van der Waals surface area contributed by atoms with Crippen LogP contribution in [0.5, 0.6) is 0 Å². The molecule has 0 atom stereocenters. The Morgan fingerprint density at radius 3 is 2.59 bits per heavy atom. The number of thiocarbonyl (C=S) groups is 1. The third kappa shape index (κ3) is 2.76. The summed E-state index contributed by atoms with van der Waals surface area (Å²) in [5.74, 6) is 0.0196. The molecule has 0 bridgehead atoms. The van der Waals surface area contributed by atoms with Gasteiger partial charge in [0.2, 0.25) is 0 Å². The number of hydrogen-bond acceptors (Lipinski definition) is 4. The number of thioether (sulfide) groups is 1. The van der Waals surface area contributed by atoms with Crippen LogP contribution < -0.4 is 4.90 Å². The van der Waals surface area contributed by atoms with Crippen molar-refractivity contribution in [2.45, 2.75) is 44.9 Å². The van der Waals surface area contributed by atoms with Gasteiger partial charge in [-0.2, -0.15) is 0 Å². The van der Waals surface area contributed by atoms with Gasteiger partial charge in [-0.25, -0.2) is 0 Å². The summed E-state index contributed by atoms with van der Waals surface area (Å²) in [5.41, 5.74) is 5.91. The molecule has 6 heteroatoms. The maximum atomic E-state index is 12.5. The molecule has 1 amide bonds. The van der Waals surface area contributed by atoms with Crippen molar-refractivity contribution in [3.8, 4) is 0 Å². The molecular formula is C23H24N2OS2Se. The van der Waals surface area contributed by atoms with Crippen LogP contribution in [0.25, 0.3) is 6.08 Å². The topological polar surface area (TPSA) is 23.6 Å². The summed E-state index contributed by atoms with van der Waals surface area (Å²) in [4.78, 5) is 17.4. The third-order valence-corrected chi connectivity index (χ3v) is 10.4. The van der Waals surface area contributed by atoms with Gasteiger partial charge in [0.05, 0.1) is 0 Å². The fourth-order valence-corrected chi connectivity index (χ4v) is 8.72. The molecule has 0 spiro atoms. The van der Waals surface area contributed by atoms with Gasteiger partial charge < -0.3 is 0 Å². The molecule has 3 aliphatic heterocycles. The minimum atomic E-state index is -0.0362. The van der Waals surface area contributed by atoms with E-state index in [1.165, 1.54) is 43.1 Å². The number of hydrogen-bond donors (Lipinski definition) is 0. The van der Waals surface area contributed by atoms with E-state index in [1.54, 1.807) is 11.9 Å². The average Bonchev–Trinajstić information content (AvgIpc) is 3.19. The molecule has 0 unspecified atom stereocenters. The van der Waals surface area contributed by atoms with Crippen LogP contribution in [-0.2, 0) is 15.6 Å². The van der Waals surface area contributed by atoms with Gasteiger partial charge >= 0.3 is 188 Å². The molecule has 3 aliphatic rings. The second-order valence-corrected chi connectivity index (χ2v) is 13.1. The molecule has 29 heavy (non-hydrogen) atoms. The first-order valence-corrected chi connectivity index (χ1v) is 12.8. The molecule has 1 fully saturated rings. The molecule has 5 rings (SSSR count). The Labute approximate surface area is 187 Å². The van der Waals surface area contributed by atoms with Crippen molar-refractivity contribution in [3.05, 3.63) is 50.3 Å². The molecular weight excluding hydrogens is 463 g/mol. The van der Waals surface area contributed by atoms with Gasteiger partial charge in [-0.05, 0) is 0 Å². The first kappa shape index (κ1) is 19.6. The van der Waals surface area contributed by atoms with E-state index in [0.29, 0.717) is 4.32 Å². The number of nitrogens with zero attached hydrogens (tertiary/aromatic N) is 2. The number of benzene rings is 1. The van der Waals surface area contributed by atoms with Crippen LogP contribution in [0, 0.1) is 0 Å². The van der Waals surface area contributed by atoms with E-state index in [4.69, 9.17) is 12.2 Å². The number of anilines is 2. The predicted molar refractivity (Wildman–Crippen MR) is 128 cm³/mol. The third-order valence-electron chi connectivity index (χ3n) is 6.58. The first-order chi connectivity index (χ1) is 13.6. The summed E-state index contributed by atoms with van der Waals surface area (Å²) in [6.07, 6.45) is 3.23. The van der Waals surface area contributed by atoms with Crippen LogP contribution in [0.15, 0.2) is 29.2 Å². The Morgan fingerprint density at radius 1 is 1.17 bits per heavy atom. The number of fused-ring (bicyclic) bond motifs is 2. The molecule has 150 valence electrons. The van der Waals surface area contributed by atoms with Gasteiger partial charge in [-0.15, -0.1) is 0 Å². The van der Waals surface area contributed by atoms with Crippen molar-refractivity contribution in [1.29, 1.82) is 0 Å². The predicted octanol–water partition coefficient (Wildman–Crippen LogP) is 5.03. The van der Waals surface area contributed by atoms with Crippen molar-refractivity contribution in [2.75, 3.05) is 18.5 Å². The summed E-state index contributed by atoms with van der Waals surface area (Å²) in [6.45, 7) is 10.5. The number of carbonyl (C=O) groups is 1. The summed E-state index contributed by atoms with van der Waals surface area (Å²) in [7, 11) is 1.76. The van der Waals surface area contributed by atoms with E-state index >= 15 is 0 Å². The Kier molecular flexibility index (Phi) is 4.29. The molecule has 0 N–H and O–H groups in total. The number of para-hydroxylation sites is 1. The van der Waals surface area contributed by atoms with Crippen molar-refractivity contribution in [3.63, 3.8) is 0 Å². The summed E-state index contributed by atoms with van der Waals surface area (Å²) < 4.78 is 3.38. The van der Waals surface area contributed by atoms with Crippen molar-refractivity contribution in [2.24, 2.45) is 0 Å². The van der Waals surface area contributed by atoms with Gasteiger partial charge in [-0.3, -0.25) is 0 Å². The normalized spacial score (nSPS) is 22.9. The van der Waals surface area contributed by atoms with Crippen LogP contribution in [0.4, 0.5) is 10.2 Å². The van der Waals surface area contributed by atoms with Gasteiger partial charge in [0.15, 0.2) is 0 Å². The van der Waals surface area contributed by atoms with Gasteiger partial charge in [0.1, 0.15) is 0 Å². The number of amides is 1. The van der Waals surface area contributed by atoms with E-state index in [2.05, 4.69) is 62.9 Å². The second kappa shape index (κ2) is 6.33. The molecule has 1 aromatic carbocycles. The summed E-state index contributed by atoms with van der Waals surface area (Å²) >= 11 is 6.90. The zero-order chi connectivity index (χ0) is 20.7. The number of likely N-dealkylation sites (N-methyl/N-ethyl adjacent to an activating group) is 1. The Morgan fingerprint density at radius 2 is 1.90 bits per heavy atom. The SMILES string of the molecule is CN1C(=O)/C(=C\c2cc3c([se]2)N2CCC(C)(C)c4cccc(c42)C3(C)C)SC1=S. The molecule has 0 saturated carbocycles. The zero-order valence-corrected chi connectivity index (χ0v) is 20.7. The van der Waals surface area contributed by atoms with Crippen LogP contribution in [0.3, 0.4) is 0 Å². The van der Waals surface area contributed by atoms with Gasteiger partial charge in [0, 0.05) is 0 Å². The van der Waals surface area contributed by atoms with Crippen LogP contribution in [0.2, 0.25) is 0 Å². The quantitative estimate of drug-likeness (QED) is 0.320. The molecule has 4 heterocycles. The van der Waals surface area contributed by atoms with Crippen molar-refractivity contribution >= 4 is 65.0 Å². The standard InChI is InChI=1S/C23H24N2OS2Se/c1-22(2)9-10-25-18-14(22)7-6-8-15(18)23(3,4)16-11-13(29-20(16)25)12-17-19(26)24(5)21(27)28-17/h6-8,11-12H,9-10H2,1-5H3/b17-12+. The van der Waals surface area contributed by atoms with Crippen molar-refractivity contribution < 1.29 is 4.79 Å². The van der Waals surface area contributed by atoms with Crippen LogP contribution >= 0.6 is 24.0 Å². The summed E-state index contributed by atoms with van der Waals surface area (Å²) in [6, 6.07) is 9.19. The molecule has 1 saturated heterocycles. The van der Waals surface area contributed by atoms with E-state index in [-0.39, 0.29) is 31.2 Å². The van der Waals surface area contributed by atoms with E-state index < -0.39 is 0 Å². The van der Waals surface area contributed by atoms with E-state index in [9.17, 15) is 4.79 Å². The van der Waals surface area contributed by atoms with E-state index in [0.717, 1.165) is 17.9 Å². The Hall–Kier alpha value is -1.33. The minimum absolute atomic E-state index is 0.0196. The fraction of sp³-hybridized carbons (Fsp3) is 0.391. The average molecular weight is 488 g/mol. The number of rotatable bonds is 1. The summed E-state index contributed by atoms with van der Waals surface area (Å²) in [5, 5.41) is 0. The monoisotopic (exact) mass is 488 g/mol. The maximum absolute atomic E-state index is 12.5. The molecule has 3 nitrogen and oxygen atoms in total. The molecule has 2 aromatic rings. The molecule has 0 radical (unpaired) electrons. The van der Waals surface area contributed by atoms with Crippen molar-refractivity contribution in [1.82, 2.24) is 4.90 Å². The Balaban J connectivity index is 1.66. The second-order valence-electron chi connectivity index (χ2n) is 9.22. The zero-order valence-electron chi connectivity index (χ0n) is 17.3. The molecule has 1 aromatic heterocycles.